The van der Waals surface area contributed by atoms with Crippen molar-refractivity contribution in [3.63, 3.8) is 0 Å². The SMILES string of the molecule is O=C(O)CNC(=O)/C(=C\c1cccc([N+](=O)[O-])c1)NC(=O)c1ccccc1. The first kappa shape index (κ1) is 19.3. The molecule has 0 saturated heterocycles. The number of benzene rings is 2. The highest BCUT2D eigenvalue weighted by atomic mass is 16.6. The average Bonchev–Trinajstić information content (AvgIpc) is 2.66. The molecule has 0 spiro atoms. The van der Waals surface area contributed by atoms with E-state index in [1.54, 1.807) is 18.2 Å². The van der Waals surface area contributed by atoms with E-state index < -0.39 is 29.3 Å². The molecule has 0 aromatic heterocycles. The van der Waals surface area contributed by atoms with Crippen molar-refractivity contribution in [2.75, 3.05) is 6.54 Å². The molecule has 2 rings (SSSR count). The molecule has 27 heavy (non-hydrogen) atoms. The van der Waals surface area contributed by atoms with Gasteiger partial charge >= 0.3 is 5.97 Å². The van der Waals surface area contributed by atoms with Crippen LogP contribution in [0.2, 0.25) is 0 Å². The number of rotatable bonds is 7. The fraction of sp³-hybridized carbons (Fsp3) is 0.0556. The largest absolute Gasteiger partial charge is 0.480 e. The fourth-order valence-electron chi connectivity index (χ4n) is 2.09. The van der Waals surface area contributed by atoms with E-state index in [1.165, 1.54) is 42.5 Å². The number of nitrogens with one attached hydrogen (secondary N) is 2. The molecule has 0 fully saturated rings. The van der Waals surface area contributed by atoms with Gasteiger partial charge in [0.2, 0.25) is 0 Å². The number of nitro benzene ring substituents is 1. The minimum absolute atomic E-state index is 0.191. The van der Waals surface area contributed by atoms with Crippen LogP contribution in [-0.4, -0.2) is 34.4 Å². The van der Waals surface area contributed by atoms with Gasteiger partial charge in [0.25, 0.3) is 17.5 Å². The molecule has 138 valence electrons. The molecule has 0 bridgehead atoms. The van der Waals surface area contributed by atoms with Crippen molar-refractivity contribution >= 4 is 29.5 Å². The summed E-state index contributed by atoms with van der Waals surface area (Å²) in [6, 6.07) is 13.5. The molecular weight excluding hydrogens is 354 g/mol. The lowest BCUT2D eigenvalue weighted by molar-refractivity contribution is -0.384. The quantitative estimate of drug-likeness (QED) is 0.385. The zero-order chi connectivity index (χ0) is 19.8. The number of hydrogen-bond acceptors (Lipinski definition) is 5. The highest BCUT2D eigenvalue weighted by Crippen LogP contribution is 2.15. The number of hydrogen-bond donors (Lipinski definition) is 3. The van der Waals surface area contributed by atoms with Gasteiger partial charge in [0.15, 0.2) is 0 Å². The first-order chi connectivity index (χ1) is 12.9. The summed E-state index contributed by atoms with van der Waals surface area (Å²) >= 11 is 0. The van der Waals surface area contributed by atoms with Crippen LogP contribution in [0.5, 0.6) is 0 Å². The average molecular weight is 369 g/mol. The molecule has 0 atom stereocenters. The molecule has 2 aromatic rings. The molecule has 0 aliphatic heterocycles. The third kappa shape index (κ3) is 5.78. The van der Waals surface area contributed by atoms with E-state index in [-0.39, 0.29) is 22.5 Å². The monoisotopic (exact) mass is 369 g/mol. The predicted molar refractivity (Wildman–Crippen MR) is 95.6 cm³/mol. The van der Waals surface area contributed by atoms with E-state index in [0.717, 1.165) is 0 Å². The second-order valence-electron chi connectivity index (χ2n) is 5.31. The topological polar surface area (TPSA) is 139 Å². The number of nitrogens with zero attached hydrogens (tertiary/aromatic N) is 1. The molecule has 2 amide bonds. The van der Waals surface area contributed by atoms with Crippen LogP contribution in [0.25, 0.3) is 6.08 Å². The molecule has 0 radical (unpaired) electrons. The third-order valence-corrected chi connectivity index (χ3v) is 3.32. The maximum absolute atomic E-state index is 12.3. The Morgan fingerprint density at radius 2 is 1.78 bits per heavy atom. The standard InChI is InChI=1S/C18H15N3O6/c22-16(23)11-19-18(25)15(20-17(24)13-6-2-1-3-7-13)10-12-5-4-8-14(9-12)21(26)27/h1-10H,11H2,(H,19,25)(H,20,24)(H,22,23)/b15-10+. The van der Waals surface area contributed by atoms with Gasteiger partial charge in [-0.05, 0) is 23.8 Å². The molecule has 0 heterocycles. The molecule has 9 heteroatoms. The fourth-order valence-corrected chi connectivity index (χ4v) is 2.09. The third-order valence-electron chi connectivity index (χ3n) is 3.32. The molecule has 0 aliphatic carbocycles. The van der Waals surface area contributed by atoms with Crippen molar-refractivity contribution in [3.8, 4) is 0 Å². The van der Waals surface area contributed by atoms with Gasteiger partial charge in [0.05, 0.1) is 4.92 Å². The summed E-state index contributed by atoms with van der Waals surface area (Å²) in [6.07, 6.45) is 1.23. The van der Waals surface area contributed by atoms with Crippen molar-refractivity contribution in [2.45, 2.75) is 0 Å². The first-order valence-corrected chi connectivity index (χ1v) is 7.69. The Morgan fingerprint density at radius 3 is 2.41 bits per heavy atom. The predicted octanol–water partition coefficient (Wildman–Crippen LogP) is 1.57. The van der Waals surface area contributed by atoms with Gasteiger partial charge in [-0.15, -0.1) is 0 Å². The highest BCUT2D eigenvalue weighted by molar-refractivity contribution is 6.05. The number of amides is 2. The Balaban J connectivity index is 2.32. The number of nitro groups is 1. The minimum Gasteiger partial charge on any atom is -0.480 e. The lowest BCUT2D eigenvalue weighted by Crippen LogP contribution is -2.37. The van der Waals surface area contributed by atoms with Crippen LogP contribution in [0.3, 0.4) is 0 Å². The van der Waals surface area contributed by atoms with Crippen LogP contribution in [0.1, 0.15) is 15.9 Å². The maximum atomic E-state index is 12.3. The summed E-state index contributed by atoms with van der Waals surface area (Å²) in [5.74, 6) is -2.68. The van der Waals surface area contributed by atoms with Crippen molar-refractivity contribution in [3.05, 3.63) is 81.5 Å². The smallest absolute Gasteiger partial charge is 0.322 e. The van der Waals surface area contributed by atoms with Gasteiger partial charge in [-0.1, -0.05) is 30.3 Å². The van der Waals surface area contributed by atoms with E-state index in [9.17, 15) is 24.5 Å². The summed E-state index contributed by atoms with van der Waals surface area (Å²) in [5, 5.41) is 24.1. The van der Waals surface area contributed by atoms with E-state index in [2.05, 4.69) is 10.6 Å². The van der Waals surface area contributed by atoms with Gasteiger partial charge in [-0.2, -0.15) is 0 Å². The van der Waals surface area contributed by atoms with Crippen LogP contribution >= 0.6 is 0 Å². The van der Waals surface area contributed by atoms with Gasteiger partial charge < -0.3 is 15.7 Å². The van der Waals surface area contributed by atoms with E-state index in [4.69, 9.17) is 5.11 Å². The lowest BCUT2D eigenvalue weighted by atomic mass is 10.1. The van der Waals surface area contributed by atoms with Crippen molar-refractivity contribution in [1.29, 1.82) is 0 Å². The highest BCUT2D eigenvalue weighted by Gasteiger charge is 2.16. The molecule has 9 nitrogen and oxygen atoms in total. The first-order valence-electron chi connectivity index (χ1n) is 7.69. The van der Waals surface area contributed by atoms with Gasteiger partial charge in [0.1, 0.15) is 12.2 Å². The maximum Gasteiger partial charge on any atom is 0.322 e. The lowest BCUT2D eigenvalue weighted by Gasteiger charge is -2.10. The van der Waals surface area contributed by atoms with Crippen molar-refractivity contribution in [1.82, 2.24) is 10.6 Å². The number of carboxylic acid groups (broad SMARTS) is 1. The van der Waals surface area contributed by atoms with E-state index in [1.807, 2.05) is 0 Å². The van der Waals surface area contributed by atoms with Crippen molar-refractivity contribution in [2.24, 2.45) is 0 Å². The van der Waals surface area contributed by atoms with Crippen LogP contribution in [0.4, 0.5) is 5.69 Å². The van der Waals surface area contributed by atoms with Crippen molar-refractivity contribution < 1.29 is 24.4 Å². The zero-order valence-corrected chi connectivity index (χ0v) is 13.9. The minimum atomic E-state index is -1.26. The number of carbonyl (C=O) groups excluding carboxylic acids is 2. The number of aliphatic carboxylic acids is 1. The van der Waals surface area contributed by atoms with Crippen LogP contribution in [0.15, 0.2) is 60.3 Å². The Morgan fingerprint density at radius 1 is 1.07 bits per heavy atom. The van der Waals surface area contributed by atoms with Crippen LogP contribution in [0, 0.1) is 10.1 Å². The molecule has 0 unspecified atom stereocenters. The Bertz CT molecular complexity index is 908. The summed E-state index contributed by atoms with van der Waals surface area (Å²) in [5.41, 5.74) is 0.139. The normalized spacial score (nSPS) is 10.7. The van der Waals surface area contributed by atoms with Gasteiger partial charge in [-0.25, -0.2) is 0 Å². The second-order valence-corrected chi connectivity index (χ2v) is 5.31. The zero-order valence-electron chi connectivity index (χ0n) is 13.9. The van der Waals surface area contributed by atoms with E-state index >= 15 is 0 Å². The number of carbonyl (C=O) groups is 3. The molecular formula is C18H15N3O6. The summed E-state index contributed by atoms with van der Waals surface area (Å²) < 4.78 is 0. The van der Waals surface area contributed by atoms with E-state index in [0.29, 0.717) is 0 Å². The summed E-state index contributed by atoms with van der Waals surface area (Å²) in [7, 11) is 0. The Hall–Kier alpha value is -4.01. The van der Waals surface area contributed by atoms with Crippen LogP contribution in [-0.2, 0) is 9.59 Å². The summed E-state index contributed by atoms with van der Waals surface area (Å²) in [6.45, 7) is -0.647. The van der Waals surface area contributed by atoms with Gasteiger partial charge in [-0.3, -0.25) is 24.5 Å². The second kappa shape index (κ2) is 8.90. The molecule has 3 N–H and O–H groups in total. The molecule has 0 aliphatic rings. The summed E-state index contributed by atoms with van der Waals surface area (Å²) in [4.78, 5) is 45.5. The van der Waals surface area contributed by atoms with Gasteiger partial charge in [0, 0.05) is 17.7 Å². The van der Waals surface area contributed by atoms with Crippen LogP contribution < -0.4 is 10.6 Å². The Kier molecular flexibility index (Phi) is 6.37. The number of non-ortho nitro benzene ring substituents is 1. The number of carboxylic acids is 1. The molecule has 0 saturated carbocycles. The molecule has 2 aromatic carbocycles. The Labute approximate surface area is 153 Å².